The molecule has 0 fully saturated rings. The van der Waals surface area contributed by atoms with E-state index in [4.69, 9.17) is 16.6 Å². The Morgan fingerprint density at radius 1 is 1.03 bits per heavy atom. The third-order valence-electron chi connectivity index (χ3n) is 5.56. The van der Waals surface area contributed by atoms with E-state index in [1.54, 1.807) is 6.20 Å². The molecule has 1 aliphatic heterocycles. The highest BCUT2D eigenvalue weighted by Gasteiger charge is 2.22. The quantitative estimate of drug-likeness (QED) is 0.324. The normalized spacial score (nSPS) is 13.5. The first-order valence-electron chi connectivity index (χ1n) is 10.7. The van der Waals surface area contributed by atoms with Gasteiger partial charge in [0.15, 0.2) is 0 Å². The Bertz CT molecular complexity index is 1420. The molecule has 4 heterocycles. The van der Waals surface area contributed by atoms with Crippen molar-refractivity contribution in [1.82, 2.24) is 19.7 Å². The number of allylic oxidation sites excluding steroid dienone is 1. The molecular formula is C25H20ClF2N5. The van der Waals surface area contributed by atoms with Crippen LogP contribution >= 0.6 is 11.6 Å². The van der Waals surface area contributed by atoms with E-state index < -0.39 is 11.6 Å². The lowest BCUT2D eigenvalue weighted by Crippen LogP contribution is -2.07. The van der Waals surface area contributed by atoms with Gasteiger partial charge in [0, 0.05) is 41.7 Å². The Balaban J connectivity index is 1.50. The van der Waals surface area contributed by atoms with E-state index in [1.807, 2.05) is 41.2 Å². The van der Waals surface area contributed by atoms with Crippen molar-refractivity contribution in [3.05, 3.63) is 82.8 Å². The topological polar surface area (TPSA) is 56.0 Å². The third-order valence-corrected chi connectivity index (χ3v) is 5.85. The molecule has 8 heteroatoms. The Hall–Kier alpha value is -3.45. The highest BCUT2D eigenvalue weighted by atomic mass is 35.5. The molecule has 4 aromatic rings. The van der Waals surface area contributed by atoms with Crippen molar-refractivity contribution in [2.24, 2.45) is 4.99 Å². The molecule has 0 amide bonds. The fraction of sp³-hybridized carbons (Fsp3) is 0.200. The number of aryl methyl sites for hydroxylation is 1. The molecule has 0 atom stereocenters. The minimum atomic E-state index is -0.804. The van der Waals surface area contributed by atoms with Crippen molar-refractivity contribution >= 4 is 33.9 Å². The van der Waals surface area contributed by atoms with E-state index in [0.29, 0.717) is 29.0 Å². The van der Waals surface area contributed by atoms with Gasteiger partial charge in [0.2, 0.25) is 0 Å². The molecule has 1 aliphatic rings. The first kappa shape index (κ1) is 21.4. The minimum absolute atomic E-state index is 0.150. The number of fused-ring (bicyclic) bond motifs is 1. The summed E-state index contributed by atoms with van der Waals surface area (Å²) in [7, 11) is 0. The number of aromatic nitrogens is 4. The lowest BCUT2D eigenvalue weighted by atomic mass is 9.99. The molecule has 0 N–H and O–H groups in total. The fourth-order valence-electron chi connectivity index (χ4n) is 3.83. The van der Waals surface area contributed by atoms with Crippen LogP contribution in [0, 0.1) is 11.6 Å². The molecule has 0 saturated carbocycles. The molecular weight excluding hydrogens is 444 g/mol. The summed E-state index contributed by atoms with van der Waals surface area (Å²) in [5.41, 5.74) is 4.99. The van der Waals surface area contributed by atoms with Crippen LogP contribution in [0.3, 0.4) is 0 Å². The lowest BCUT2D eigenvalue weighted by Gasteiger charge is -2.10. The molecule has 5 nitrogen and oxygen atoms in total. The SMILES string of the molecule is CCCCn1ccc(-c2cnc3ccc(C4=CCN=C4c4cc(Cl)c(F)cc4F)nc3c2)n1. The van der Waals surface area contributed by atoms with Crippen molar-refractivity contribution in [2.75, 3.05) is 6.54 Å². The summed E-state index contributed by atoms with van der Waals surface area (Å²) >= 11 is 5.89. The van der Waals surface area contributed by atoms with E-state index in [-0.39, 0.29) is 10.6 Å². The summed E-state index contributed by atoms with van der Waals surface area (Å²) in [6, 6.07) is 9.64. The van der Waals surface area contributed by atoms with Crippen LogP contribution < -0.4 is 0 Å². The number of unbranched alkanes of at least 4 members (excludes halogenated alkanes) is 1. The summed E-state index contributed by atoms with van der Waals surface area (Å²) in [5, 5.41) is 4.48. The number of pyridine rings is 2. The second-order valence-corrected chi connectivity index (χ2v) is 8.24. The molecule has 1 aromatic carbocycles. The molecule has 3 aromatic heterocycles. The van der Waals surface area contributed by atoms with Crippen LogP contribution in [0.4, 0.5) is 8.78 Å². The van der Waals surface area contributed by atoms with Gasteiger partial charge in [-0.2, -0.15) is 5.10 Å². The Labute approximate surface area is 194 Å². The van der Waals surface area contributed by atoms with Crippen LogP contribution in [-0.4, -0.2) is 32.0 Å². The number of rotatable bonds is 6. The first-order valence-corrected chi connectivity index (χ1v) is 11.1. The van der Waals surface area contributed by atoms with Crippen LogP contribution in [-0.2, 0) is 6.54 Å². The minimum Gasteiger partial charge on any atom is -0.280 e. The van der Waals surface area contributed by atoms with Gasteiger partial charge >= 0.3 is 0 Å². The molecule has 33 heavy (non-hydrogen) atoms. The smallest absolute Gasteiger partial charge is 0.144 e. The second-order valence-electron chi connectivity index (χ2n) is 7.83. The molecule has 0 saturated heterocycles. The van der Waals surface area contributed by atoms with Crippen molar-refractivity contribution in [1.29, 1.82) is 0 Å². The van der Waals surface area contributed by atoms with Crippen molar-refractivity contribution in [3.63, 3.8) is 0 Å². The molecule has 5 rings (SSSR count). The van der Waals surface area contributed by atoms with Crippen molar-refractivity contribution in [2.45, 2.75) is 26.3 Å². The maximum Gasteiger partial charge on any atom is 0.144 e. The van der Waals surface area contributed by atoms with E-state index in [1.165, 1.54) is 6.07 Å². The number of aliphatic imine (C=N–C) groups is 1. The largest absolute Gasteiger partial charge is 0.280 e. The number of nitrogens with zero attached hydrogens (tertiary/aromatic N) is 5. The zero-order chi connectivity index (χ0) is 22.9. The van der Waals surface area contributed by atoms with E-state index in [0.717, 1.165) is 42.2 Å². The molecule has 0 aliphatic carbocycles. The van der Waals surface area contributed by atoms with Gasteiger partial charge in [0.05, 0.1) is 39.7 Å². The molecule has 0 radical (unpaired) electrons. The number of benzene rings is 1. The standard InChI is InChI=1S/C25H20ClF2N5/c1-2-3-9-33-10-7-21(32-33)15-11-24-23(30-14-15)5-4-22(31-24)16-6-8-29-25(16)17-12-18(26)20(28)13-19(17)27/h4-7,10-14H,2-3,8-9H2,1H3. The average Bonchev–Trinajstić information content (AvgIpc) is 3.49. The maximum atomic E-state index is 14.5. The van der Waals surface area contributed by atoms with Crippen LogP contribution in [0.15, 0.2) is 59.9 Å². The summed E-state index contributed by atoms with van der Waals surface area (Å²) in [6.45, 7) is 3.41. The third kappa shape index (κ3) is 4.16. The van der Waals surface area contributed by atoms with E-state index in [2.05, 4.69) is 22.0 Å². The van der Waals surface area contributed by atoms with E-state index in [9.17, 15) is 8.78 Å². The van der Waals surface area contributed by atoms with Crippen LogP contribution in [0.25, 0.3) is 27.9 Å². The summed E-state index contributed by atoms with van der Waals surface area (Å²) < 4.78 is 30.1. The van der Waals surface area contributed by atoms with Crippen LogP contribution in [0.5, 0.6) is 0 Å². The predicted molar refractivity (Wildman–Crippen MR) is 126 cm³/mol. The summed E-state index contributed by atoms with van der Waals surface area (Å²) in [5.74, 6) is -1.52. The number of hydrogen-bond acceptors (Lipinski definition) is 4. The average molecular weight is 464 g/mol. The first-order chi connectivity index (χ1) is 16.0. The van der Waals surface area contributed by atoms with Crippen LogP contribution in [0.1, 0.15) is 31.0 Å². The van der Waals surface area contributed by atoms with Gasteiger partial charge in [0.1, 0.15) is 11.6 Å². The Kier molecular flexibility index (Phi) is 5.72. The Morgan fingerprint density at radius 2 is 1.91 bits per heavy atom. The van der Waals surface area contributed by atoms with Gasteiger partial charge in [0.25, 0.3) is 0 Å². The highest BCUT2D eigenvalue weighted by Crippen LogP contribution is 2.29. The Morgan fingerprint density at radius 3 is 2.76 bits per heavy atom. The maximum absolute atomic E-state index is 14.5. The number of halogens is 3. The molecule has 166 valence electrons. The predicted octanol–water partition coefficient (Wildman–Crippen LogP) is 6.11. The summed E-state index contributed by atoms with van der Waals surface area (Å²) in [6.07, 6.45) is 7.80. The van der Waals surface area contributed by atoms with Gasteiger partial charge in [-0.05, 0) is 36.8 Å². The zero-order valence-electron chi connectivity index (χ0n) is 17.9. The van der Waals surface area contributed by atoms with Gasteiger partial charge in [-0.3, -0.25) is 14.7 Å². The molecule has 0 unspecified atom stereocenters. The second kappa shape index (κ2) is 8.83. The fourth-order valence-corrected chi connectivity index (χ4v) is 3.99. The van der Waals surface area contributed by atoms with Gasteiger partial charge in [-0.15, -0.1) is 0 Å². The highest BCUT2D eigenvalue weighted by molar-refractivity contribution is 6.35. The number of hydrogen-bond donors (Lipinski definition) is 0. The monoisotopic (exact) mass is 463 g/mol. The van der Waals surface area contributed by atoms with Crippen molar-refractivity contribution < 1.29 is 8.78 Å². The van der Waals surface area contributed by atoms with Gasteiger partial charge in [-0.1, -0.05) is 31.0 Å². The summed E-state index contributed by atoms with van der Waals surface area (Å²) in [4.78, 5) is 13.7. The van der Waals surface area contributed by atoms with Crippen LogP contribution in [0.2, 0.25) is 5.02 Å². The lowest BCUT2D eigenvalue weighted by molar-refractivity contribution is 0.573. The van der Waals surface area contributed by atoms with E-state index >= 15 is 0 Å². The zero-order valence-corrected chi connectivity index (χ0v) is 18.7. The molecule has 0 spiro atoms. The molecule has 0 bridgehead atoms. The van der Waals surface area contributed by atoms with Gasteiger partial charge in [-0.25, -0.2) is 13.8 Å². The van der Waals surface area contributed by atoms with Gasteiger partial charge < -0.3 is 0 Å². The van der Waals surface area contributed by atoms with Crippen molar-refractivity contribution in [3.8, 4) is 11.3 Å².